The van der Waals surface area contributed by atoms with Crippen molar-refractivity contribution >= 4 is 10.8 Å². The topological polar surface area (TPSA) is 0 Å². The van der Waals surface area contributed by atoms with Gasteiger partial charge in [0.1, 0.15) is 11.6 Å². The van der Waals surface area contributed by atoms with Crippen LogP contribution in [0.1, 0.15) is 0 Å². The highest BCUT2D eigenvalue weighted by molar-refractivity contribution is 5.82. The largest absolute Gasteiger partial charge is 0.207 e. The average molecular weight is 164 g/mol. The number of hydrogen-bond donors (Lipinski definition) is 0. The molecule has 0 N–H and O–H groups in total. The zero-order chi connectivity index (χ0) is 8.55. The van der Waals surface area contributed by atoms with Crippen LogP contribution in [0.25, 0.3) is 10.8 Å². The van der Waals surface area contributed by atoms with E-state index >= 15 is 0 Å². The quantitative estimate of drug-likeness (QED) is 0.561. The highest BCUT2D eigenvalue weighted by Crippen LogP contribution is 2.18. The van der Waals surface area contributed by atoms with Gasteiger partial charge in [-0.25, -0.2) is 8.78 Å². The van der Waals surface area contributed by atoms with Gasteiger partial charge in [0.2, 0.25) is 0 Å². The molecule has 2 heteroatoms. The summed E-state index contributed by atoms with van der Waals surface area (Å²) in [6.45, 7) is 0. The summed E-state index contributed by atoms with van der Waals surface area (Å²) in [7, 11) is 0. The van der Waals surface area contributed by atoms with Crippen LogP contribution in [0, 0.1) is 11.6 Å². The maximum absolute atomic E-state index is 13.0. The molecule has 0 nitrogen and oxygen atoms in total. The molecule has 0 fully saturated rings. The second kappa shape index (κ2) is 2.55. The van der Waals surface area contributed by atoms with Gasteiger partial charge in [-0.15, -0.1) is 0 Å². The predicted octanol–water partition coefficient (Wildman–Crippen LogP) is 3.12. The van der Waals surface area contributed by atoms with Gasteiger partial charge in [0.25, 0.3) is 0 Å². The average Bonchev–Trinajstić information content (AvgIpc) is 2.04. The number of benzene rings is 2. The minimum Gasteiger partial charge on any atom is -0.207 e. The fourth-order valence-electron chi connectivity index (χ4n) is 1.23. The molecule has 0 atom stereocenters. The van der Waals surface area contributed by atoms with Crippen LogP contribution in [0.5, 0.6) is 0 Å². The molecule has 0 unspecified atom stereocenters. The summed E-state index contributed by atoms with van der Waals surface area (Å²) < 4.78 is 25.7. The first-order valence-corrected chi connectivity index (χ1v) is 3.61. The van der Waals surface area contributed by atoms with E-state index in [4.69, 9.17) is 0 Å². The van der Waals surface area contributed by atoms with Gasteiger partial charge in [-0.05, 0) is 11.5 Å². The van der Waals surface area contributed by atoms with E-state index < -0.39 is 11.6 Å². The molecule has 0 aliphatic heterocycles. The van der Waals surface area contributed by atoms with Crippen molar-refractivity contribution in [1.82, 2.24) is 0 Å². The van der Waals surface area contributed by atoms with Gasteiger partial charge in [-0.1, -0.05) is 24.3 Å². The SMILES string of the molecule is Fc1cc(F)c2ccccc2c1. The molecular weight excluding hydrogens is 158 g/mol. The summed E-state index contributed by atoms with van der Waals surface area (Å²) in [5.41, 5.74) is 0. The van der Waals surface area contributed by atoms with Gasteiger partial charge in [0.15, 0.2) is 0 Å². The van der Waals surface area contributed by atoms with E-state index in [1.807, 2.05) is 0 Å². The van der Waals surface area contributed by atoms with E-state index in [1.165, 1.54) is 6.07 Å². The monoisotopic (exact) mass is 164 g/mol. The Morgan fingerprint density at radius 1 is 0.917 bits per heavy atom. The summed E-state index contributed by atoms with van der Waals surface area (Å²) in [4.78, 5) is 0. The minimum atomic E-state index is -0.536. The number of halogens is 2. The molecular formula is C10H6F2. The molecule has 0 spiro atoms. The van der Waals surface area contributed by atoms with Crippen molar-refractivity contribution < 1.29 is 8.78 Å². The lowest BCUT2D eigenvalue weighted by molar-refractivity contribution is 0.592. The Kier molecular flexibility index (Phi) is 1.54. The van der Waals surface area contributed by atoms with Crippen molar-refractivity contribution in [1.29, 1.82) is 0 Å². The number of rotatable bonds is 0. The first-order valence-electron chi connectivity index (χ1n) is 3.61. The van der Waals surface area contributed by atoms with E-state index in [0.29, 0.717) is 10.8 Å². The highest BCUT2D eigenvalue weighted by atomic mass is 19.1. The molecule has 2 rings (SSSR count). The van der Waals surface area contributed by atoms with Crippen LogP contribution in [0.3, 0.4) is 0 Å². The third-order valence-corrected chi connectivity index (χ3v) is 1.78. The van der Waals surface area contributed by atoms with Crippen molar-refractivity contribution in [3.8, 4) is 0 Å². The van der Waals surface area contributed by atoms with Crippen LogP contribution < -0.4 is 0 Å². The summed E-state index contributed by atoms with van der Waals surface area (Å²) in [5.74, 6) is -1.04. The Labute approximate surface area is 68.4 Å². The molecule has 0 aromatic heterocycles. The summed E-state index contributed by atoms with van der Waals surface area (Å²) >= 11 is 0. The molecule has 0 amide bonds. The van der Waals surface area contributed by atoms with Gasteiger partial charge in [0.05, 0.1) is 0 Å². The Morgan fingerprint density at radius 2 is 1.67 bits per heavy atom. The van der Waals surface area contributed by atoms with Crippen molar-refractivity contribution in [3.05, 3.63) is 48.0 Å². The van der Waals surface area contributed by atoms with Crippen LogP contribution in [-0.4, -0.2) is 0 Å². The highest BCUT2D eigenvalue weighted by Gasteiger charge is 2.01. The molecule has 0 bridgehead atoms. The summed E-state index contributed by atoms with van der Waals surface area (Å²) in [6.07, 6.45) is 0. The van der Waals surface area contributed by atoms with Crippen LogP contribution in [-0.2, 0) is 0 Å². The molecule has 12 heavy (non-hydrogen) atoms. The Morgan fingerprint density at radius 3 is 2.50 bits per heavy atom. The van der Waals surface area contributed by atoms with Gasteiger partial charge >= 0.3 is 0 Å². The second-order valence-electron chi connectivity index (χ2n) is 2.61. The van der Waals surface area contributed by atoms with Gasteiger partial charge < -0.3 is 0 Å². The fourth-order valence-corrected chi connectivity index (χ4v) is 1.23. The van der Waals surface area contributed by atoms with E-state index in [-0.39, 0.29) is 0 Å². The van der Waals surface area contributed by atoms with Crippen LogP contribution in [0.4, 0.5) is 8.78 Å². The zero-order valence-corrected chi connectivity index (χ0v) is 6.22. The molecule has 2 aromatic rings. The maximum atomic E-state index is 13.0. The van der Waals surface area contributed by atoms with Crippen LogP contribution in [0.15, 0.2) is 36.4 Å². The van der Waals surface area contributed by atoms with Crippen LogP contribution >= 0.6 is 0 Å². The number of fused-ring (bicyclic) bond motifs is 1. The van der Waals surface area contributed by atoms with Crippen molar-refractivity contribution in [3.63, 3.8) is 0 Å². The van der Waals surface area contributed by atoms with E-state index in [9.17, 15) is 8.78 Å². The maximum Gasteiger partial charge on any atom is 0.133 e. The summed E-state index contributed by atoms with van der Waals surface area (Å²) in [5, 5.41) is 1.05. The minimum absolute atomic E-state index is 0.457. The zero-order valence-electron chi connectivity index (χ0n) is 6.22. The van der Waals surface area contributed by atoms with Crippen LogP contribution in [0.2, 0.25) is 0 Å². The number of hydrogen-bond acceptors (Lipinski definition) is 0. The molecule has 60 valence electrons. The van der Waals surface area contributed by atoms with Crippen molar-refractivity contribution in [2.24, 2.45) is 0 Å². The molecule has 0 radical (unpaired) electrons. The van der Waals surface area contributed by atoms with E-state index in [1.54, 1.807) is 24.3 Å². The lowest BCUT2D eigenvalue weighted by Crippen LogP contribution is -1.81. The normalized spacial score (nSPS) is 10.5. The van der Waals surface area contributed by atoms with Crippen molar-refractivity contribution in [2.45, 2.75) is 0 Å². The molecule has 0 aliphatic rings. The smallest absolute Gasteiger partial charge is 0.133 e. The molecule has 0 heterocycles. The fraction of sp³-hybridized carbons (Fsp3) is 0. The van der Waals surface area contributed by atoms with Gasteiger partial charge in [-0.3, -0.25) is 0 Å². The van der Waals surface area contributed by atoms with Gasteiger partial charge in [-0.2, -0.15) is 0 Å². The van der Waals surface area contributed by atoms with Gasteiger partial charge in [0, 0.05) is 11.5 Å². The molecule has 0 saturated carbocycles. The third-order valence-electron chi connectivity index (χ3n) is 1.78. The molecule has 2 aromatic carbocycles. The first kappa shape index (κ1) is 7.22. The lowest BCUT2D eigenvalue weighted by Gasteiger charge is -1.97. The Balaban J connectivity index is 2.89. The van der Waals surface area contributed by atoms with E-state index in [2.05, 4.69) is 0 Å². The Hall–Kier alpha value is -1.44. The molecule has 0 aliphatic carbocycles. The second-order valence-corrected chi connectivity index (χ2v) is 2.61. The Bertz CT molecular complexity index is 421. The van der Waals surface area contributed by atoms with Crippen molar-refractivity contribution in [2.75, 3.05) is 0 Å². The predicted molar refractivity (Wildman–Crippen MR) is 43.9 cm³/mol. The standard InChI is InChI=1S/C10H6F2/c11-8-5-7-3-1-2-4-9(7)10(12)6-8/h1-6H. The summed E-state index contributed by atoms with van der Waals surface area (Å²) in [6, 6.07) is 9.00. The van der Waals surface area contributed by atoms with E-state index in [0.717, 1.165) is 6.07 Å². The third kappa shape index (κ3) is 1.05. The lowest BCUT2D eigenvalue weighted by atomic mass is 10.1. The molecule has 0 saturated heterocycles. The first-order chi connectivity index (χ1) is 5.77.